The third-order valence-electron chi connectivity index (χ3n) is 5.13. The minimum atomic E-state index is -2.19. The van der Waals surface area contributed by atoms with Gasteiger partial charge in [-0.25, -0.2) is 22.0 Å². The Labute approximate surface area is 197 Å². The molecule has 2 aromatic carbocycles. The number of halogens is 7. The summed E-state index contributed by atoms with van der Waals surface area (Å²) >= 11 is 9.48. The second-order valence-electron chi connectivity index (χ2n) is 7.12. The molecule has 1 aliphatic rings. The molecule has 1 aliphatic heterocycles. The molecule has 1 amide bonds. The van der Waals surface area contributed by atoms with Crippen molar-refractivity contribution in [2.24, 2.45) is 0 Å². The van der Waals surface area contributed by atoms with E-state index in [-0.39, 0.29) is 31.9 Å². The standard InChI is InChI=1S/C21H14BrClF5N3O2/c22-14-4-3-13(33-14)21(32)29-10-1-2-12(11(23)9-10)30-5-7-31(8-6-30)20-18(27)16(25)15(24)17(26)19(20)28/h1-4,9H,5-8H2,(H,29,32). The molecule has 0 saturated carbocycles. The number of amides is 1. The summed E-state index contributed by atoms with van der Waals surface area (Å²) in [5.74, 6) is -10.2. The predicted molar refractivity (Wildman–Crippen MR) is 116 cm³/mol. The number of carbonyl (C=O) groups is 1. The molecule has 0 unspecified atom stereocenters. The Morgan fingerprint density at radius 3 is 2.00 bits per heavy atom. The summed E-state index contributed by atoms with van der Waals surface area (Å²) in [7, 11) is 0. The second kappa shape index (κ2) is 9.22. The van der Waals surface area contributed by atoms with E-state index in [4.69, 9.17) is 16.0 Å². The van der Waals surface area contributed by atoms with Crippen molar-refractivity contribution in [3.05, 3.63) is 74.9 Å². The molecule has 0 spiro atoms. The van der Waals surface area contributed by atoms with Gasteiger partial charge in [-0.05, 0) is 46.3 Å². The lowest BCUT2D eigenvalue weighted by Gasteiger charge is -2.38. The highest BCUT2D eigenvalue weighted by Gasteiger charge is 2.31. The van der Waals surface area contributed by atoms with Gasteiger partial charge in [0.15, 0.2) is 33.7 Å². The topological polar surface area (TPSA) is 48.7 Å². The van der Waals surface area contributed by atoms with Gasteiger partial charge in [0.05, 0.1) is 10.7 Å². The Kier molecular flexibility index (Phi) is 6.53. The fraction of sp³-hybridized carbons (Fsp3) is 0.190. The summed E-state index contributed by atoms with van der Waals surface area (Å²) < 4.78 is 74.2. The molecule has 5 nitrogen and oxygen atoms in total. The van der Waals surface area contributed by atoms with Crippen LogP contribution < -0.4 is 15.1 Å². The van der Waals surface area contributed by atoms with E-state index < -0.39 is 40.7 Å². The average molecular weight is 551 g/mol. The summed E-state index contributed by atoms with van der Waals surface area (Å²) in [6.07, 6.45) is 0. The molecule has 1 saturated heterocycles. The summed E-state index contributed by atoms with van der Waals surface area (Å²) in [5.41, 5.74) is 0.0635. The van der Waals surface area contributed by atoms with Gasteiger partial charge in [0.1, 0.15) is 5.69 Å². The van der Waals surface area contributed by atoms with Crippen LogP contribution >= 0.6 is 27.5 Å². The van der Waals surface area contributed by atoms with Crippen molar-refractivity contribution in [3.8, 4) is 0 Å². The Bertz CT molecular complexity index is 1200. The van der Waals surface area contributed by atoms with Crippen LogP contribution in [0.4, 0.5) is 39.0 Å². The summed E-state index contributed by atoms with van der Waals surface area (Å²) in [4.78, 5) is 15.1. The molecule has 1 fully saturated rings. The van der Waals surface area contributed by atoms with Crippen molar-refractivity contribution in [1.82, 2.24) is 0 Å². The van der Waals surface area contributed by atoms with Crippen LogP contribution in [0.1, 0.15) is 10.6 Å². The number of anilines is 3. The quantitative estimate of drug-likeness (QED) is 0.247. The third-order valence-corrected chi connectivity index (χ3v) is 5.85. The molecule has 12 heteroatoms. The van der Waals surface area contributed by atoms with Crippen LogP contribution in [-0.2, 0) is 0 Å². The lowest BCUT2D eigenvalue weighted by atomic mass is 10.2. The number of nitrogens with zero attached hydrogens (tertiary/aromatic N) is 2. The van der Waals surface area contributed by atoms with E-state index in [1.54, 1.807) is 23.1 Å². The van der Waals surface area contributed by atoms with Crippen LogP contribution in [0.5, 0.6) is 0 Å². The number of carbonyl (C=O) groups excluding carboxylic acids is 1. The van der Waals surface area contributed by atoms with E-state index in [1.165, 1.54) is 12.1 Å². The highest BCUT2D eigenvalue weighted by molar-refractivity contribution is 9.10. The van der Waals surface area contributed by atoms with Crippen molar-refractivity contribution < 1.29 is 31.2 Å². The fourth-order valence-corrected chi connectivity index (χ4v) is 4.12. The first-order valence-corrected chi connectivity index (χ1v) is 10.7. The number of hydrogen-bond acceptors (Lipinski definition) is 4. The zero-order valence-electron chi connectivity index (χ0n) is 16.6. The molecule has 4 rings (SSSR count). The molecule has 0 bridgehead atoms. The van der Waals surface area contributed by atoms with Crippen LogP contribution in [0.3, 0.4) is 0 Å². The van der Waals surface area contributed by atoms with Gasteiger partial charge in [-0.1, -0.05) is 11.6 Å². The molecule has 33 heavy (non-hydrogen) atoms. The van der Waals surface area contributed by atoms with Gasteiger partial charge in [0, 0.05) is 31.9 Å². The van der Waals surface area contributed by atoms with Gasteiger partial charge in [0.2, 0.25) is 5.82 Å². The molecule has 0 radical (unpaired) electrons. The Hall–Kier alpha value is -2.79. The van der Waals surface area contributed by atoms with Gasteiger partial charge < -0.3 is 19.5 Å². The van der Waals surface area contributed by atoms with E-state index in [0.29, 0.717) is 21.1 Å². The van der Waals surface area contributed by atoms with E-state index in [1.807, 2.05) is 0 Å². The molecule has 0 atom stereocenters. The number of furan rings is 1. The van der Waals surface area contributed by atoms with Crippen LogP contribution in [-0.4, -0.2) is 32.1 Å². The van der Waals surface area contributed by atoms with Crippen LogP contribution in [0, 0.1) is 29.1 Å². The summed E-state index contributed by atoms with van der Waals surface area (Å²) in [5, 5.41) is 2.95. The first-order chi connectivity index (χ1) is 15.7. The molecule has 1 aromatic heterocycles. The fourth-order valence-electron chi connectivity index (χ4n) is 3.51. The third kappa shape index (κ3) is 4.51. The first kappa shape index (κ1) is 23.4. The number of hydrogen-bond donors (Lipinski definition) is 1. The number of nitrogens with one attached hydrogen (secondary N) is 1. The second-order valence-corrected chi connectivity index (χ2v) is 8.31. The van der Waals surface area contributed by atoms with Crippen LogP contribution in [0.2, 0.25) is 5.02 Å². The van der Waals surface area contributed by atoms with Crippen molar-refractivity contribution in [2.75, 3.05) is 41.3 Å². The Balaban J connectivity index is 1.46. The lowest BCUT2D eigenvalue weighted by molar-refractivity contribution is 0.0995. The molecule has 3 aromatic rings. The maximum absolute atomic E-state index is 14.1. The highest BCUT2D eigenvalue weighted by Crippen LogP contribution is 2.33. The Morgan fingerprint density at radius 2 is 1.45 bits per heavy atom. The minimum absolute atomic E-state index is 0.000536. The van der Waals surface area contributed by atoms with E-state index in [9.17, 15) is 26.7 Å². The van der Waals surface area contributed by atoms with E-state index >= 15 is 0 Å². The van der Waals surface area contributed by atoms with Gasteiger partial charge in [-0.15, -0.1) is 0 Å². The summed E-state index contributed by atoms with van der Waals surface area (Å²) in [6.45, 7) is 0.428. The predicted octanol–water partition coefficient (Wildman–Crippen LogP) is 5.97. The largest absolute Gasteiger partial charge is 0.444 e. The van der Waals surface area contributed by atoms with E-state index in [2.05, 4.69) is 21.2 Å². The smallest absolute Gasteiger partial charge is 0.291 e. The summed E-state index contributed by atoms with van der Waals surface area (Å²) in [6, 6.07) is 7.89. The lowest BCUT2D eigenvalue weighted by Crippen LogP contribution is -2.47. The van der Waals surface area contributed by atoms with Gasteiger partial charge >= 0.3 is 0 Å². The first-order valence-electron chi connectivity index (χ1n) is 9.55. The molecule has 0 aliphatic carbocycles. The van der Waals surface area contributed by atoms with E-state index in [0.717, 1.165) is 4.90 Å². The molecule has 1 N–H and O–H groups in total. The zero-order valence-corrected chi connectivity index (χ0v) is 18.9. The highest BCUT2D eigenvalue weighted by atomic mass is 79.9. The van der Waals surface area contributed by atoms with Crippen molar-refractivity contribution in [3.63, 3.8) is 0 Å². The Morgan fingerprint density at radius 1 is 0.879 bits per heavy atom. The SMILES string of the molecule is O=C(Nc1ccc(N2CCN(c3c(F)c(F)c(F)c(F)c3F)CC2)c(Cl)c1)c1ccc(Br)o1. The van der Waals surface area contributed by atoms with Gasteiger partial charge in [0.25, 0.3) is 5.91 Å². The monoisotopic (exact) mass is 549 g/mol. The maximum Gasteiger partial charge on any atom is 0.291 e. The molecule has 2 heterocycles. The van der Waals surface area contributed by atoms with Crippen LogP contribution in [0.15, 0.2) is 39.4 Å². The number of piperazine rings is 1. The van der Waals surface area contributed by atoms with Crippen molar-refractivity contribution >= 4 is 50.5 Å². The minimum Gasteiger partial charge on any atom is -0.444 e. The van der Waals surface area contributed by atoms with Gasteiger partial charge in [-0.2, -0.15) is 0 Å². The normalized spacial score (nSPS) is 14.0. The number of rotatable bonds is 4. The van der Waals surface area contributed by atoms with Crippen LogP contribution in [0.25, 0.3) is 0 Å². The van der Waals surface area contributed by atoms with Crippen molar-refractivity contribution in [1.29, 1.82) is 0 Å². The number of benzene rings is 2. The van der Waals surface area contributed by atoms with Gasteiger partial charge in [-0.3, -0.25) is 4.79 Å². The molecule has 174 valence electrons. The average Bonchev–Trinajstić information content (AvgIpc) is 3.24. The maximum atomic E-state index is 14.1. The molecular weight excluding hydrogens is 537 g/mol. The zero-order chi connectivity index (χ0) is 23.9. The molecular formula is C21H14BrClF5N3O2. The van der Waals surface area contributed by atoms with Crippen molar-refractivity contribution in [2.45, 2.75) is 0 Å².